The number of rotatable bonds is 7. The van der Waals surface area contributed by atoms with Gasteiger partial charge in [0.25, 0.3) is 0 Å². The summed E-state index contributed by atoms with van der Waals surface area (Å²) >= 11 is 6.48. The number of aryl methyl sites for hydroxylation is 2. The van der Waals surface area contributed by atoms with Gasteiger partial charge in [-0.25, -0.2) is 18.4 Å². The van der Waals surface area contributed by atoms with Gasteiger partial charge in [-0.3, -0.25) is 4.98 Å². The van der Waals surface area contributed by atoms with E-state index in [0.717, 1.165) is 33.9 Å². The van der Waals surface area contributed by atoms with Gasteiger partial charge in [0.2, 0.25) is 10.0 Å². The zero-order valence-electron chi connectivity index (χ0n) is 20.1. The molecule has 0 radical (unpaired) electrons. The van der Waals surface area contributed by atoms with E-state index in [1.54, 1.807) is 37.7 Å². The maximum atomic E-state index is 13.1. The van der Waals surface area contributed by atoms with E-state index in [9.17, 15) is 8.42 Å². The number of pyridine rings is 2. The highest BCUT2D eigenvalue weighted by Gasteiger charge is 2.29. The number of nitrogens with zero attached hydrogens (tertiary/aromatic N) is 5. The number of nitrogens with one attached hydrogen (secondary N) is 1. The van der Waals surface area contributed by atoms with Gasteiger partial charge in [-0.1, -0.05) is 17.7 Å². The number of imidazole rings is 1. The van der Waals surface area contributed by atoms with Crippen LogP contribution in [0.25, 0.3) is 22.3 Å². The fourth-order valence-electron chi connectivity index (χ4n) is 4.25. The molecule has 4 heterocycles. The van der Waals surface area contributed by atoms with Crippen LogP contribution < -0.4 is 4.74 Å². The fraction of sp³-hybridized carbons (Fsp3) is 0.320. The number of aromatic amines is 1. The molecule has 1 saturated heterocycles. The summed E-state index contributed by atoms with van der Waals surface area (Å²) in [6.45, 7) is 2.30. The zero-order chi connectivity index (χ0) is 25.3. The van der Waals surface area contributed by atoms with Crippen molar-refractivity contribution in [3.63, 3.8) is 0 Å². The minimum absolute atomic E-state index is 0.126. The Bertz CT molecular complexity index is 1500. The first-order valence-corrected chi connectivity index (χ1v) is 13.5. The summed E-state index contributed by atoms with van der Waals surface area (Å²) in [5.74, 6) is 1.59. The molecule has 3 aromatic heterocycles. The molecule has 1 aliphatic rings. The first-order valence-electron chi connectivity index (χ1n) is 11.7. The van der Waals surface area contributed by atoms with Crippen LogP contribution >= 0.6 is 11.6 Å². The minimum atomic E-state index is -3.65. The maximum Gasteiger partial charge on any atom is 0.244 e. The topological polar surface area (TPSA) is 104 Å². The second kappa shape index (κ2) is 10.1. The Morgan fingerprint density at radius 2 is 1.83 bits per heavy atom. The highest BCUT2D eigenvalue weighted by atomic mass is 35.5. The van der Waals surface area contributed by atoms with Crippen molar-refractivity contribution >= 4 is 32.8 Å². The Labute approximate surface area is 215 Å². The van der Waals surface area contributed by atoms with Gasteiger partial charge in [0.05, 0.1) is 17.6 Å². The van der Waals surface area contributed by atoms with E-state index in [4.69, 9.17) is 16.3 Å². The molecule has 0 atom stereocenters. The third-order valence-electron chi connectivity index (χ3n) is 6.37. The first kappa shape index (κ1) is 24.6. The van der Waals surface area contributed by atoms with Crippen LogP contribution in [0.5, 0.6) is 5.75 Å². The smallest absolute Gasteiger partial charge is 0.244 e. The molecule has 0 saturated carbocycles. The van der Waals surface area contributed by atoms with Gasteiger partial charge < -0.3 is 14.6 Å². The van der Waals surface area contributed by atoms with Gasteiger partial charge >= 0.3 is 0 Å². The summed E-state index contributed by atoms with van der Waals surface area (Å²) in [4.78, 5) is 19.0. The van der Waals surface area contributed by atoms with Crippen molar-refractivity contribution in [1.82, 2.24) is 29.1 Å². The van der Waals surface area contributed by atoms with Gasteiger partial charge in [-0.2, -0.15) is 4.31 Å². The summed E-state index contributed by atoms with van der Waals surface area (Å²) in [6, 6.07) is 10.7. The van der Waals surface area contributed by atoms with Gasteiger partial charge in [0, 0.05) is 62.3 Å². The van der Waals surface area contributed by atoms with Crippen molar-refractivity contribution in [1.29, 1.82) is 0 Å². The molecule has 188 valence electrons. The number of hydrogen-bond acceptors (Lipinski definition) is 7. The summed E-state index contributed by atoms with van der Waals surface area (Å²) in [5.41, 5.74) is 3.94. The number of aromatic nitrogens is 4. The van der Waals surface area contributed by atoms with Crippen LogP contribution in [0.1, 0.15) is 11.5 Å². The van der Waals surface area contributed by atoms with E-state index in [-0.39, 0.29) is 9.92 Å². The monoisotopic (exact) mass is 526 g/mol. The average Bonchev–Trinajstić information content (AvgIpc) is 3.30. The number of likely N-dealkylation sites (N-methyl/N-ethyl adjacent to an activating group) is 1. The second-order valence-corrected chi connectivity index (χ2v) is 11.1. The lowest BCUT2D eigenvalue weighted by molar-refractivity contribution is 0.222. The molecule has 1 aliphatic heterocycles. The van der Waals surface area contributed by atoms with E-state index in [0.29, 0.717) is 44.7 Å². The molecular weight excluding hydrogens is 500 g/mol. The number of ether oxygens (including phenoxy) is 1. The SMILES string of the molecule is COc1ccnc(CCc2nc3ncc(-c4ccc(S(=O)(=O)N5CCN(C)CC5)c(Cl)c4)cc3[nH]2)c1. The lowest BCUT2D eigenvalue weighted by atomic mass is 10.1. The highest BCUT2D eigenvalue weighted by molar-refractivity contribution is 7.89. The van der Waals surface area contributed by atoms with E-state index in [2.05, 4.69) is 24.8 Å². The van der Waals surface area contributed by atoms with Crippen LogP contribution in [0, 0.1) is 0 Å². The molecule has 0 amide bonds. The highest BCUT2D eigenvalue weighted by Crippen LogP contribution is 2.31. The average molecular weight is 527 g/mol. The van der Waals surface area contributed by atoms with E-state index < -0.39 is 10.0 Å². The molecule has 1 N–H and O–H groups in total. The van der Waals surface area contributed by atoms with Gasteiger partial charge in [0.1, 0.15) is 16.5 Å². The van der Waals surface area contributed by atoms with Crippen molar-refractivity contribution in [3.8, 4) is 16.9 Å². The number of fused-ring (bicyclic) bond motifs is 1. The van der Waals surface area contributed by atoms with Crippen LogP contribution in [-0.4, -0.2) is 77.9 Å². The molecule has 1 fully saturated rings. The molecule has 0 bridgehead atoms. The molecule has 0 unspecified atom stereocenters. The van der Waals surface area contributed by atoms with Crippen molar-refractivity contribution < 1.29 is 13.2 Å². The molecule has 5 rings (SSSR count). The molecule has 1 aromatic carbocycles. The summed E-state index contributed by atoms with van der Waals surface area (Å²) in [6.07, 6.45) is 4.84. The van der Waals surface area contributed by atoms with Crippen LogP contribution in [0.4, 0.5) is 0 Å². The van der Waals surface area contributed by atoms with Crippen molar-refractivity contribution in [2.24, 2.45) is 0 Å². The molecule has 0 spiro atoms. The molecular formula is C25H27ClN6O3S. The molecule has 36 heavy (non-hydrogen) atoms. The van der Waals surface area contributed by atoms with Gasteiger partial charge in [-0.05, 0) is 43.3 Å². The van der Waals surface area contributed by atoms with Gasteiger partial charge in [-0.15, -0.1) is 0 Å². The number of methoxy groups -OCH3 is 1. The second-order valence-electron chi connectivity index (χ2n) is 8.82. The van der Waals surface area contributed by atoms with Crippen LogP contribution in [0.3, 0.4) is 0 Å². The quantitative estimate of drug-likeness (QED) is 0.393. The summed E-state index contributed by atoms with van der Waals surface area (Å²) in [7, 11) is -0.0332. The van der Waals surface area contributed by atoms with Crippen molar-refractivity contribution in [3.05, 3.63) is 65.3 Å². The standard InChI is InChI=1S/C25H27ClN6O3S/c1-31-9-11-32(12-10-31)36(33,34)23-5-3-17(13-21(23)26)18-14-22-25(28-16-18)30-24(29-22)6-4-19-15-20(35-2)7-8-27-19/h3,5,7-8,13-16H,4,6,9-12H2,1-2H3,(H,28,29,30). The number of benzene rings is 1. The molecule has 0 aliphatic carbocycles. The Morgan fingerprint density at radius 1 is 1.03 bits per heavy atom. The van der Waals surface area contributed by atoms with Crippen molar-refractivity contribution in [2.45, 2.75) is 17.7 Å². The third kappa shape index (κ3) is 5.08. The van der Waals surface area contributed by atoms with E-state index in [1.165, 1.54) is 4.31 Å². The fourth-order valence-corrected chi connectivity index (χ4v) is 6.19. The number of piperazine rings is 1. The predicted octanol–water partition coefficient (Wildman–Crippen LogP) is 3.40. The number of halogens is 1. The van der Waals surface area contributed by atoms with Crippen LogP contribution in [-0.2, 0) is 22.9 Å². The summed E-state index contributed by atoms with van der Waals surface area (Å²) in [5, 5.41) is 0.197. The number of hydrogen-bond donors (Lipinski definition) is 1. The molecule has 4 aromatic rings. The van der Waals surface area contributed by atoms with Gasteiger partial charge in [0.15, 0.2) is 5.65 Å². The minimum Gasteiger partial charge on any atom is -0.497 e. The summed E-state index contributed by atoms with van der Waals surface area (Å²) < 4.78 is 33.0. The van der Waals surface area contributed by atoms with E-state index >= 15 is 0 Å². The molecule has 11 heteroatoms. The van der Waals surface area contributed by atoms with E-state index in [1.807, 2.05) is 25.2 Å². The first-order chi connectivity index (χ1) is 17.3. The zero-order valence-corrected chi connectivity index (χ0v) is 21.7. The Balaban J connectivity index is 1.34. The van der Waals surface area contributed by atoms with Crippen LogP contribution in [0.2, 0.25) is 5.02 Å². The number of sulfonamides is 1. The largest absolute Gasteiger partial charge is 0.497 e. The Kier molecular flexibility index (Phi) is 6.94. The maximum absolute atomic E-state index is 13.1. The Hall–Kier alpha value is -3.05. The Morgan fingerprint density at radius 3 is 2.58 bits per heavy atom. The lowest BCUT2D eigenvalue weighted by Crippen LogP contribution is -2.47. The third-order valence-corrected chi connectivity index (χ3v) is 8.75. The lowest BCUT2D eigenvalue weighted by Gasteiger charge is -2.31. The normalized spacial score (nSPS) is 15.4. The molecule has 9 nitrogen and oxygen atoms in total. The number of H-pyrrole nitrogens is 1. The predicted molar refractivity (Wildman–Crippen MR) is 139 cm³/mol. The van der Waals surface area contributed by atoms with Crippen molar-refractivity contribution in [2.75, 3.05) is 40.3 Å². The van der Waals surface area contributed by atoms with Crippen LogP contribution in [0.15, 0.2) is 53.7 Å².